The molecule has 0 radical (unpaired) electrons. The third kappa shape index (κ3) is 2.61. The fourth-order valence-electron chi connectivity index (χ4n) is 1.22. The summed E-state index contributed by atoms with van der Waals surface area (Å²) in [6, 6.07) is 1.82. The smallest absolute Gasteiger partial charge is 0.139 e. The average Bonchev–Trinajstić information content (AvgIpc) is 2.02. The van der Waals surface area contributed by atoms with E-state index in [1.54, 1.807) is 6.20 Å². The first kappa shape index (κ1) is 11.3. The molecule has 0 aromatic carbocycles. The lowest BCUT2D eigenvalue weighted by atomic mass is 9.91. The molecule has 0 atom stereocenters. The molecule has 0 aliphatic rings. The predicted molar refractivity (Wildman–Crippen MR) is 59.1 cm³/mol. The Morgan fingerprint density at radius 1 is 1.43 bits per heavy atom. The van der Waals surface area contributed by atoms with Crippen LogP contribution in [0.4, 0.5) is 0 Å². The van der Waals surface area contributed by atoms with Gasteiger partial charge < -0.3 is 4.74 Å². The summed E-state index contributed by atoms with van der Waals surface area (Å²) in [5.74, 6) is 0.727. The van der Waals surface area contributed by atoms with Gasteiger partial charge in [-0.25, -0.2) is 0 Å². The summed E-state index contributed by atoms with van der Waals surface area (Å²) < 4.78 is 5.31. The molecule has 78 valence electrons. The summed E-state index contributed by atoms with van der Waals surface area (Å²) in [6.07, 6.45) is 1.72. The Morgan fingerprint density at radius 2 is 2.07 bits per heavy atom. The van der Waals surface area contributed by atoms with Crippen molar-refractivity contribution >= 4 is 11.6 Å². The molecule has 0 aliphatic carbocycles. The zero-order chi connectivity index (χ0) is 10.8. The van der Waals surface area contributed by atoms with Crippen LogP contribution in [0, 0.1) is 0 Å². The lowest BCUT2D eigenvalue weighted by molar-refractivity contribution is 0.338. The van der Waals surface area contributed by atoms with E-state index in [1.165, 1.54) is 0 Å². The molecule has 1 aromatic rings. The largest absolute Gasteiger partial charge is 0.492 e. The van der Waals surface area contributed by atoms with Crippen LogP contribution in [0.3, 0.4) is 0 Å². The van der Waals surface area contributed by atoms with Crippen molar-refractivity contribution in [3.05, 3.63) is 23.0 Å². The van der Waals surface area contributed by atoms with E-state index < -0.39 is 0 Å². The van der Waals surface area contributed by atoms with Crippen LogP contribution < -0.4 is 4.74 Å². The number of aromatic nitrogens is 1. The number of nitrogens with zero attached hydrogens (tertiary/aromatic N) is 1. The summed E-state index contributed by atoms with van der Waals surface area (Å²) in [6.45, 7) is 8.82. The SMILES string of the molecule is CCOc1cnc(C(C)(C)C)c(Cl)c1. The average molecular weight is 214 g/mol. The zero-order valence-corrected chi connectivity index (χ0v) is 9.85. The third-order valence-electron chi connectivity index (χ3n) is 1.84. The highest BCUT2D eigenvalue weighted by molar-refractivity contribution is 6.31. The maximum atomic E-state index is 6.11. The van der Waals surface area contributed by atoms with E-state index >= 15 is 0 Å². The van der Waals surface area contributed by atoms with E-state index in [0.717, 1.165) is 11.4 Å². The van der Waals surface area contributed by atoms with Crippen molar-refractivity contribution < 1.29 is 4.74 Å². The van der Waals surface area contributed by atoms with Crippen molar-refractivity contribution in [2.24, 2.45) is 0 Å². The molecule has 2 nitrogen and oxygen atoms in total. The van der Waals surface area contributed by atoms with Crippen molar-refractivity contribution in [1.29, 1.82) is 0 Å². The molecule has 0 bridgehead atoms. The van der Waals surface area contributed by atoms with Gasteiger partial charge in [0.15, 0.2) is 0 Å². The number of hydrogen-bond acceptors (Lipinski definition) is 2. The Balaban J connectivity index is 3.02. The normalized spacial score (nSPS) is 11.5. The van der Waals surface area contributed by atoms with Crippen LogP contribution in [0.1, 0.15) is 33.4 Å². The van der Waals surface area contributed by atoms with Gasteiger partial charge >= 0.3 is 0 Å². The topological polar surface area (TPSA) is 22.1 Å². The van der Waals surface area contributed by atoms with Gasteiger partial charge in [0, 0.05) is 11.5 Å². The molecule has 1 aromatic heterocycles. The Morgan fingerprint density at radius 3 is 2.50 bits per heavy atom. The van der Waals surface area contributed by atoms with E-state index in [2.05, 4.69) is 25.8 Å². The number of hydrogen-bond donors (Lipinski definition) is 0. The zero-order valence-electron chi connectivity index (χ0n) is 9.10. The molecule has 0 amide bonds. The van der Waals surface area contributed by atoms with Crippen LogP contribution in [0.15, 0.2) is 12.3 Å². The highest BCUT2D eigenvalue weighted by atomic mass is 35.5. The van der Waals surface area contributed by atoms with Gasteiger partial charge in [-0.15, -0.1) is 0 Å². The molecular formula is C11H16ClNO. The maximum absolute atomic E-state index is 6.11. The quantitative estimate of drug-likeness (QED) is 0.751. The Kier molecular flexibility index (Phi) is 3.38. The van der Waals surface area contributed by atoms with Gasteiger partial charge in [0.1, 0.15) is 5.75 Å². The molecule has 0 unspecified atom stereocenters. The summed E-state index contributed by atoms with van der Waals surface area (Å²) in [5, 5.41) is 0.670. The van der Waals surface area contributed by atoms with Crippen molar-refractivity contribution in [2.75, 3.05) is 6.61 Å². The minimum Gasteiger partial charge on any atom is -0.492 e. The second-order valence-corrected chi connectivity index (χ2v) is 4.59. The minimum atomic E-state index is -0.0260. The van der Waals surface area contributed by atoms with E-state index in [1.807, 2.05) is 13.0 Å². The van der Waals surface area contributed by atoms with Gasteiger partial charge in [-0.2, -0.15) is 0 Å². The second-order valence-electron chi connectivity index (χ2n) is 4.18. The predicted octanol–water partition coefficient (Wildman–Crippen LogP) is 3.43. The molecule has 1 rings (SSSR count). The lowest BCUT2D eigenvalue weighted by Crippen LogP contribution is -2.14. The molecule has 1 heterocycles. The van der Waals surface area contributed by atoms with Gasteiger partial charge in [-0.05, 0) is 6.92 Å². The van der Waals surface area contributed by atoms with Crippen LogP contribution >= 0.6 is 11.6 Å². The second kappa shape index (κ2) is 4.18. The fourth-order valence-corrected chi connectivity index (χ4v) is 1.66. The standard InChI is InChI=1S/C11H16ClNO/c1-5-14-8-6-9(12)10(13-7-8)11(2,3)4/h6-7H,5H2,1-4H3. The van der Waals surface area contributed by atoms with Crippen molar-refractivity contribution in [2.45, 2.75) is 33.1 Å². The van der Waals surface area contributed by atoms with Crippen LogP contribution in [-0.4, -0.2) is 11.6 Å². The summed E-state index contributed by atoms with van der Waals surface area (Å²) in [4.78, 5) is 4.31. The van der Waals surface area contributed by atoms with Crippen LogP contribution in [0.2, 0.25) is 5.02 Å². The molecular weight excluding hydrogens is 198 g/mol. The summed E-state index contributed by atoms with van der Waals surface area (Å²) in [5.41, 5.74) is 0.879. The maximum Gasteiger partial charge on any atom is 0.139 e. The summed E-state index contributed by atoms with van der Waals surface area (Å²) >= 11 is 6.11. The van der Waals surface area contributed by atoms with Gasteiger partial charge in [0.25, 0.3) is 0 Å². The molecule has 0 fully saturated rings. The van der Waals surface area contributed by atoms with E-state index in [4.69, 9.17) is 16.3 Å². The highest BCUT2D eigenvalue weighted by Crippen LogP contribution is 2.29. The third-order valence-corrected chi connectivity index (χ3v) is 2.13. The number of ether oxygens (including phenoxy) is 1. The summed E-state index contributed by atoms with van der Waals surface area (Å²) in [7, 11) is 0. The minimum absolute atomic E-state index is 0.0260. The van der Waals surface area contributed by atoms with Crippen LogP contribution in [0.5, 0.6) is 5.75 Å². The van der Waals surface area contributed by atoms with Gasteiger partial charge in [0.2, 0.25) is 0 Å². The molecule has 3 heteroatoms. The Hall–Kier alpha value is -0.760. The van der Waals surface area contributed by atoms with Gasteiger partial charge in [-0.3, -0.25) is 4.98 Å². The Labute approximate surface area is 90.3 Å². The van der Waals surface area contributed by atoms with Gasteiger partial charge in [-0.1, -0.05) is 32.4 Å². The highest BCUT2D eigenvalue weighted by Gasteiger charge is 2.19. The molecule has 0 aliphatic heterocycles. The van der Waals surface area contributed by atoms with Crippen molar-refractivity contribution in [3.8, 4) is 5.75 Å². The number of rotatable bonds is 2. The van der Waals surface area contributed by atoms with Crippen LogP contribution in [-0.2, 0) is 5.41 Å². The first-order valence-electron chi connectivity index (χ1n) is 4.74. The Bertz CT molecular complexity index is 318. The van der Waals surface area contributed by atoms with E-state index in [-0.39, 0.29) is 5.41 Å². The van der Waals surface area contributed by atoms with E-state index in [9.17, 15) is 0 Å². The monoisotopic (exact) mass is 213 g/mol. The van der Waals surface area contributed by atoms with Gasteiger partial charge in [0.05, 0.1) is 23.5 Å². The molecule has 0 saturated heterocycles. The number of halogens is 1. The molecule has 0 saturated carbocycles. The van der Waals surface area contributed by atoms with Crippen molar-refractivity contribution in [1.82, 2.24) is 4.98 Å². The molecule has 14 heavy (non-hydrogen) atoms. The van der Waals surface area contributed by atoms with E-state index in [0.29, 0.717) is 11.6 Å². The van der Waals surface area contributed by atoms with Crippen LogP contribution in [0.25, 0.3) is 0 Å². The first-order valence-corrected chi connectivity index (χ1v) is 5.11. The van der Waals surface area contributed by atoms with Crippen molar-refractivity contribution in [3.63, 3.8) is 0 Å². The molecule has 0 N–H and O–H groups in total. The first-order chi connectivity index (χ1) is 6.45. The molecule has 0 spiro atoms. The fraction of sp³-hybridized carbons (Fsp3) is 0.545. The number of pyridine rings is 1. The lowest BCUT2D eigenvalue weighted by Gasteiger charge is -2.19.